The highest BCUT2D eigenvalue weighted by atomic mass is 32.3. The first-order chi connectivity index (χ1) is 29.9. The molecule has 392 valence electrons. The van der Waals surface area contributed by atoms with Crippen molar-refractivity contribution in [2.75, 3.05) is 13.1 Å². The molecule has 0 aromatic heterocycles. The number of carbonyl (C=O) groups is 8. The maximum absolute atomic E-state index is 12.8. The summed E-state index contributed by atoms with van der Waals surface area (Å²) >= 11 is 0. The van der Waals surface area contributed by atoms with Crippen LogP contribution in [-0.2, 0) is 48.8 Å². The normalized spacial score (nSPS) is 13.3. The maximum atomic E-state index is 12.8. The molecule has 0 bridgehead atoms. The quantitative estimate of drug-likeness (QED) is 0.0125. The second kappa shape index (κ2) is 38.6. The largest absolute Gasteiger partial charge is 0.412 e. The van der Waals surface area contributed by atoms with Crippen LogP contribution in [-0.4, -0.2) is 138 Å². The minimum absolute atomic E-state index is 0. The molecule has 0 fully saturated rings. The average Bonchev–Trinajstić information content (AvgIpc) is 3.14. The second-order valence-corrected chi connectivity index (χ2v) is 17.9. The van der Waals surface area contributed by atoms with Crippen LogP contribution >= 0.6 is 0 Å². The third-order valence-corrected chi connectivity index (χ3v) is 8.40. The molecule has 0 radical (unpaired) electrons. The number of hydrogen-bond donors (Lipinski definition) is 12. The van der Waals surface area contributed by atoms with Crippen LogP contribution in [0.3, 0.4) is 0 Å². The van der Waals surface area contributed by atoms with Gasteiger partial charge in [-0.05, 0) is 75.0 Å². The van der Waals surface area contributed by atoms with Crippen molar-refractivity contribution in [3.8, 4) is 0 Å². The Morgan fingerprint density at radius 1 is 0.493 bits per heavy atom. The summed E-state index contributed by atoms with van der Waals surface area (Å²) in [5, 5.41) is 16.1. The Morgan fingerprint density at radius 2 is 0.716 bits per heavy atom. The summed E-state index contributed by atoms with van der Waals surface area (Å²) in [6, 6.07) is -4.51. The van der Waals surface area contributed by atoms with E-state index in [0.29, 0.717) is 77.0 Å². The molecule has 6 atom stereocenters. The fourth-order valence-electron chi connectivity index (χ4n) is 5.80. The van der Waals surface area contributed by atoms with Gasteiger partial charge in [0.25, 0.3) is 0 Å². The van der Waals surface area contributed by atoms with E-state index in [1.807, 2.05) is 55.4 Å². The minimum Gasteiger partial charge on any atom is -0.412 e. The fraction of sp³-hybridized carbons (Fsp3) is 0.750. The molecular weight excluding hydrogens is 905 g/mol. The van der Waals surface area contributed by atoms with Crippen LogP contribution in [0.5, 0.6) is 0 Å². The molecule has 0 saturated heterocycles. The summed E-state index contributed by atoms with van der Waals surface area (Å²) in [6.07, 6.45) is 4.76. The van der Waals surface area contributed by atoms with Gasteiger partial charge in [0.1, 0.15) is 36.7 Å². The summed E-state index contributed by atoms with van der Waals surface area (Å²) in [5.74, 6) is -1.82. The predicted molar refractivity (Wildman–Crippen MR) is 254 cm³/mol. The summed E-state index contributed by atoms with van der Waals surface area (Å²) in [7, 11) is -4.67. The van der Waals surface area contributed by atoms with E-state index < -0.39 is 70.3 Å². The molecule has 0 aromatic rings. The number of aliphatic imine (C=N–C) groups is 2. The molecule has 67 heavy (non-hydrogen) atoms. The van der Waals surface area contributed by atoms with Gasteiger partial charge in [0.05, 0.1) is 12.1 Å². The number of rotatable bonds is 28. The molecule has 6 amide bonds. The van der Waals surface area contributed by atoms with Crippen LogP contribution in [0.2, 0.25) is 0 Å². The topological polar surface area (TPSA) is 475 Å². The number of aldehydes is 2. The first kappa shape index (κ1) is 70.5. The van der Waals surface area contributed by atoms with Crippen LogP contribution < -0.4 is 54.8 Å². The predicted octanol–water partition coefficient (Wildman–Crippen LogP) is -2.69. The maximum Gasteiger partial charge on any atom is 0.394 e. The molecule has 0 aromatic carbocycles. The first-order valence-corrected chi connectivity index (χ1v) is 22.8. The molecule has 0 saturated carbocycles. The van der Waals surface area contributed by atoms with Crippen LogP contribution in [0.15, 0.2) is 9.98 Å². The molecule has 27 heteroatoms. The Morgan fingerprint density at radius 3 is 0.910 bits per heavy atom. The van der Waals surface area contributed by atoms with Gasteiger partial charge in [-0.3, -0.25) is 47.9 Å². The lowest BCUT2D eigenvalue weighted by molar-refractivity contribution is -0.133. The average molecular weight is 987 g/mol. The monoisotopic (exact) mass is 987 g/mol. The van der Waals surface area contributed by atoms with Gasteiger partial charge in [-0.25, -0.2) is 0 Å². The van der Waals surface area contributed by atoms with Gasteiger partial charge in [0, 0.05) is 26.9 Å². The summed E-state index contributed by atoms with van der Waals surface area (Å²) in [4.78, 5) is 104. The number of hydrogen-bond acceptors (Lipinski definition) is 12. The van der Waals surface area contributed by atoms with Gasteiger partial charge in [-0.1, -0.05) is 55.4 Å². The molecule has 0 aliphatic rings. The molecule has 0 rings (SSSR count). The van der Waals surface area contributed by atoms with Crippen molar-refractivity contribution in [2.45, 2.75) is 157 Å². The number of amides is 6. The Balaban J connectivity index is -0.000000337. The number of nitrogens with zero attached hydrogens (tertiary/aromatic N) is 2. The van der Waals surface area contributed by atoms with Gasteiger partial charge in [0.15, 0.2) is 11.9 Å². The SMILES string of the molecule is CC(=O)NC(CC(C)C)C(=O)NC(CC(C)C)C(=O)NC(C=O)CCCN=C(N)N.CC(=O)NC(CC(C)C)C(=O)NC(CC(C)C)C(=O)NC(C=O)CCCN=C(N)N.O.O.O=S(=O)(O)O. The molecule has 0 spiro atoms. The lowest BCUT2D eigenvalue weighted by Gasteiger charge is -2.25. The van der Waals surface area contributed by atoms with Gasteiger partial charge < -0.3 is 75.4 Å². The minimum atomic E-state index is -4.67. The molecule has 0 aliphatic carbocycles. The zero-order valence-corrected chi connectivity index (χ0v) is 41.4. The van der Waals surface area contributed by atoms with Crippen LogP contribution in [0.25, 0.3) is 0 Å². The third-order valence-electron chi connectivity index (χ3n) is 8.40. The third kappa shape index (κ3) is 44.1. The van der Waals surface area contributed by atoms with E-state index in [2.05, 4.69) is 41.9 Å². The van der Waals surface area contributed by atoms with Crippen molar-refractivity contribution < 1.29 is 66.8 Å². The van der Waals surface area contributed by atoms with E-state index in [1.165, 1.54) is 13.8 Å². The highest BCUT2D eigenvalue weighted by Crippen LogP contribution is 2.11. The lowest BCUT2D eigenvalue weighted by atomic mass is 9.99. The molecular formula is C40H82N12O14S. The summed E-state index contributed by atoms with van der Waals surface area (Å²) in [5.41, 5.74) is 21.0. The van der Waals surface area contributed by atoms with Crippen molar-refractivity contribution in [3.05, 3.63) is 0 Å². The second-order valence-electron chi connectivity index (χ2n) is 17.0. The summed E-state index contributed by atoms with van der Waals surface area (Å²) < 4.78 is 31.6. The first-order valence-electron chi connectivity index (χ1n) is 21.4. The number of carbonyl (C=O) groups excluding carboxylic acids is 8. The highest BCUT2D eigenvalue weighted by molar-refractivity contribution is 7.79. The van der Waals surface area contributed by atoms with Gasteiger partial charge in [-0.2, -0.15) is 8.42 Å². The Bertz CT molecular complexity index is 1540. The van der Waals surface area contributed by atoms with Crippen molar-refractivity contribution >= 4 is 70.3 Å². The Labute approximate surface area is 394 Å². The van der Waals surface area contributed by atoms with Crippen molar-refractivity contribution in [3.63, 3.8) is 0 Å². The van der Waals surface area contributed by atoms with E-state index in [-0.39, 0.29) is 58.4 Å². The summed E-state index contributed by atoms with van der Waals surface area (Å²) in [6.45, 7) is 18.9. The Hall–Kier alpha value is -5.51. The van der Waals surface area contributed by atoms with E-state index in [4.69, 9.17) is 40.5 Å². The smallest absolute Gasteiger partial charge is 0.394 e. The van der Waals surface area contributed by atoms with Gasteiger partial charge in [0.2, 0.25) is 35.4 Å². The molecule has 20 N–H and O–H groups in total. The van der Waals surface area contributed by atoms with Crippen LogP contribution in [0.4, 0.5) is 0 Å². The zero-order valence-electron chi connectivity index (χ0n) is 40.6. The lowest BCUT2D eigenvalue weighted by Crippen LogP contribution is -2.55. The molecule has 0 aliphatic heterocycles. The number of guanidine groups is 2. The molecule has 26 nitrogen and oxygen atoms in total. The number of nitrogens with one attached hydrogen (secondary N) is 6. The molecule has 6 unspecified atom stereocenters. The van der Waals surface area contributed by atoms with E-state index in [0.717, 1.165) is 0 Å². The van der Waals surface area contributed by atoms with E-state index in [1.54, 1.807) is 0 Å². The van der Waals surface area contributed by atoms with E-state index >= 15 is 0 Å². The number of nitrogens with two attached hydrogens (primary N) is 4. The highest BCUT2D eigenvalue weighted by Gasteiger charge is 2.30. The van der Waals surface area contributed by atoms with E-state index in [9.17, 15) is 38.4 Å². The Kier molecular flexibility index (Phi) is 40.6. The van der Waals surface area contributed by atoms with Gasteiger partial charge in [-0.15, -0.1) is 0 Å². The van der Waals surface area contributed by atoms with Gasteiger partial charge >= 0.3 is 10.4 Å². The van der Waals surface area contributed by atoms with Crippen LogP contribution in [0.1, 0.15) is 121 Å². The fourth-order valence-corrected chi connectivity index (χ4v) is 5.80. The van der Waals surface area contributed by atoms with Crippen molar-refractivity contribution in [2.24, 2.45) is 56.6 Å². The molecule has 0 heterocycles. The van der Waals surface area contributed by atoms with Crippen LogP contribution in [0, 0.1) is 23.7 Å². The van der Waals surface area contributed by atoms with Crippen molar-refractivity contribution in [1.29, 1.82) is 0 Å². The zero-order chi connectivity index (χ0) is 51.0. The standard InChI is InChI=1S/2C20H38N6O4.H2O4S.2H2O/c2*1-12(2)9-16(24-14(5)28)19(30)26-17(10-13(3)4)18(29)25-15(11-27)7-6-8-23-20(21)22;1-5(2,3)4;;/h2*11-13,15-17H,6-10H2,1-5H3,(H,24,28)(H,25,29)(H,26,30)(H4,21,22,23);(H2,1,2,3,4);2*1H2. The van der Waals surface area contributed by atoms with Crippen molar-refractivity contribution in [1.82, 2.24) is 31.9 Å².